The van der Waals surface area contributed by atoms with E-state index in [0.717, 1.165) is 41.9 Å². The second-order valence-electron chi connectivity index (χ2n) is 11.8. The van der Waals surface area contributed by atoms with Crippen LogP contribution in [0.15, 0.2) is 115 Å². The third-order valence-electron chi connectivity index (χ3n) is 8.37. The topological polar surface area (TPSA) is 129 Å². The number of aromatic nitrogens is 5. The molecule has 6 aromatic rings. The van der Waals surface area contributed by atoms with Gasteiger partial charge in [-0.1, -0.05) is 24.3 Å². The zero-order valence-corrected chi connectivity index (χ0v) is 32.0. The van der Waals surface area contributed by atoms with Crippen LogP contribution in [-0.4, -0.2) is 75.2 Å². The summed E-state index contributed by atoms with van der Waals surface area (Å²) < 4.78 is 22.5. The number of hydrogen-bond acceptors (Lipinski definition) is 10. The number of rotatable bonds is 4. The fraction of sp³-hybridized carbons (Fsp3) is 0.211. The summed E-state index contributed by atoms with van der Waals surface area (Å²) in [4.78, 5) is 44.7. The third kappa shape index (κ3) is 10.00. The Balaban J connectivity index is 0.000000235. The van der Waals surface area contributed by atoms with Gasteiger partial charge >= 0.3 is 19.5 Å². The van der Waals surface area contributed by atoms with Crippen LogP contribution in [0.5, 0.6) is 5.75 Å². The number of pyridine rings is 5. The van der Waals surface area contributed by atoms with Crippen molar-refractivity contribution in [2.45, 2.75) is 13.0 Å². The fourth-order valence-corrected chi connectivity index (χ4v) is 5.74. The summed E-state index contributed by atoms with van der Waals surface area (Å²) in [5.74, 6) is -1.83. The molecule has 11 nitrogen and oxygen atoms in total. The van der Waals surface area contributed by atoms with Crippen molar-refractivity contribution in [3.05, 3.63) is 131 Å². The zero-order valence-electron chi connectivity index (χ0n) is 28.8. The monoisotopic (exact) mass is 844 g/mol. The van der Waals surface area contributed by atoms with Crippen LogP contribution in [0, 0.1) is 5.82 Å². The van der Waals surface area contributed by atoms with Crippen LogP contribution in [0.2, 0.25) is 0 Å². The molecule has 2 aliphatic heterocycles. The Morgan fingerprint density at radius 2 is 1.25 bits per heavy atom. The Bertz CT molecular complexity index is 1980. The molecule has 0 N–H and O–H groups in total. The van der Waals surface area contributed by atoms with Gasteiger partial charge in [0.2, 0.25) is 0 Å². The number of halogens is 3. The maximum atomic E-state index is 15.0. The maximum Gasteiger partial charge on any atom is 3.00 e. The second-order valence-corrected chi connectivity index (χ2v) is 11.8. The molecule has 2 aliphatic rings. The van der Waals surface area contributed by atoms with Gasteiger partial charge in [0.25, 0.3) is 0 Å². The fourth-order valence-electron chi connectivity index (χ4n) is 5.74. The minimum Gasteiger partial charge on any atom is -1.00 e. The van der Waals surface area contributed by atoms with Crippen LogP contribution < -0.4 is 45.0 Å². The molecule has 1 aromatic carbocycles. The number of ether oxygens (including phenoxy) is 1. The summed E-state index contributed by atoms with van der Waals surface area (Å²) >= 11 is 0. The normalized spacial score (nSPS) is 14.3. The number of anilines is 1. The van der Waals surface area contributed by atoms with Crippen molar-refractivity contribution in [1.82, 2.24) is 29.4 Å². The first-order chi connectivity index (χ1) is 24.3. The Morgan fingerprint density at radius 3 is 1.64 bits per heavy atom. The van der Waals surface area contributed by atoms with Gasteiger partial charge in [-0.3, -0.25) is 24.7 Å². The van der Waals surface area contributed by atoms with E-state index in [-0.39, 0.29) is 62.3 Å². The van der Waals surface area contributed by atoms with Gasteiger partial charge in [0.05, 0.1) is 51.3 Å². The maximum absolute atomic E-state index is 15.0. The quantitative estimate of drug-likeness (QED) is 0.194. The third-order valence-corrected chi connectivity index (χ3v) is 8.37. The summed E-state index contributed by atoms with van der Waals surface area (Å²) in [6.07, 6.45) is 8.35. The molecule has 5 aromatic heterocycles. The van der Waals surface area contributed by atoms with Gasteiger partial charge in [-0.25, -0.2) is 4.39 Å². The van der Waals surface area contributed by atoms with Gasteiger partial charge in [-0.15, -0.1) is 0 Å². The van der Waals surface area contributed by atoms with Gasteiger partial charge in [0.1, 0.15) is 12.3 Å². The number of likely N-dealkylation sites (N-methyl/N-ethyl adjacent to an activating group) is 1. The first-order valence-corrected chi connectivity index (χ1v) is 16.2. The number of carboxylic acids is 1. The number of benzene rings is 1. The van der Waals surface area contributed by atoms with E-state index in [1.807, 2.05) is 91.7 Å². The molecule has 1 unspecified atom stereocenters. The number of carboxylic acid groups (broad SMARTS) is 1. The molecule has 15 heteroatoms. The Kier molecular flexibility index (Phi) is 16.0. The van der Waals surface area contributed by atoms with E-state index in [9.17, 15) is 19.1 Å². The van der Waals surface area contributed by atoms with Crippen molar-refractivity contribution in [3.63, 3.8) is 0 Å². The number of aromatic carboxylic acids is 1. The molecular formula is C38H35Cl2FN7O4Ru. The van der Waals surface area contributed by atoms with E-state index < -0.39 is 22.8 Å². The van der Waals surface area contributed by atoms with Crippen LogP contribution in [-0.2, 0) is 19.5 Å². The van der Waals surface area contributed by atoms with E-state index >= 15 is 0 Å². The second kappa shape index (κ2) is 19.9. The number of carbonyl (C=O) groups is 1. The molecule has 0 amide bonds. The van der Waals surface area contributed by atoms with Crippen molar-refractivity contribution in [2.24, 2.45) is 0 Å². The van der Waals surface area contributed by atoms with E-state index in [2.05, 4.69) is 24.8 Å². The predicted molar refractivity (Wildman–Crippen MR) is 187 cm³/mol. The summed E-state index contributed by atoms with van der Waals surface area (Å²) in [6, 6.07) is 24.1. The van der Waals surface area contributed by atoms with Crippen LogP contribution in [0.1, 0.15) is 23.3 Å². The molecule has 0 bridgehead atoms. The first-order valence-electron chi connectivity index (χ1n) is 16.2. The first kappa shape index (κ1) is 42.6. The molecule has 53 heavy (non-hydrogen) atoms. The summed E-state index contributed by atoms with van der Waals surface area (Å²) in [7, 11) is 2.01. The average molecular weight is 845 g/mol. The van der Waals surface area contributed by atoms with Crippen molar-refractivity contribution in [2.75, 3.05) is 44.7 Å². The average Bonchev–Trinajstić information content (AvgIpc) is 3.16. The van der Waals surface area contributed by atoms with E-state index in [0.29, 0.717) is 30.0 Å². The summed E-state index contributed by atoms with van der Waals surface area (Å²) in [5.41, 5.74) is 3.22. The molecule has 0 saturated carbocycles. The van der Waals surface area contributed by atoms with Gasteiger partial charge < -0.3 is 53.8 Å². The summed E-state index contributed by atoms with van der Waals surface area (Å²) in [5, 5.41) is 11.3. The number of nitrogens with zero attached hydrogens (tertiary/aromatic N) is 7. The van der Waals surface area contributed by atoms with Crippen LogP contribution in [0.3, 0.4) is 0 Å². The smallest absolute Gasteiger partial charge is 1.00 e. The molecule has 0 spiro atoms. The van der Waals surface area contributed by atoms with Crippen LogP contribution in [0.25, 0.3) is 33.7 Å². The van der Waals surface area contributed by atoms with Crippen LogP contribution >= 0.6 is 0 Å². The Labute approximate surface area is 331 Å². The zero-order chi connectivity index (χ0) is 35.0. The van der Waals surface area contributed by atoms with Crippen molar-refractivity contribution < 1.29 is 63.3 Å². The number of piperazine rings is 1. The SMILES string of the molecule is CC1COc2c(N3CCN(C)CC3)c(F)cc3c(=O)c(C(=O)[O-])cn1c23.[Cl-].[Cl-].[Ru+3].c1ccc(-c2ccccn2)nc1.c1ccc(-c2ccccn2)nc1. The molecule has 7 heterocycles. The van der Waals surface area contributed by atoms with E-state index in [4.69, 9.17) is 4.74 Å². The number of carbonyl (C=O) groups excluding carboxylic acids is 1. The van der Waals surface area contributed by atoms with Gasteiger partial charge in [-0.05, 0) is 68.6 Å². The van der Waals surface area contributed by atoms with E-state index in [1.54, 1.807) is 29.4 Å². The molecular weight excluding hydrogens is 809 g/mol. The molecule has 1 saturated heterocycles. The molecule has 275 valence electrons. The largest absolute Gasteiger partial charge is 3.00 e. The molecule has 0 aliphatic carbocycles. The Morgan fingerprint density at radius 1 is 0.792 bits per heavy atom. The predicted octanol–water partition coefficient (Wildman–Crippen LogP) is -1.50. The van der Waals surface area contributed by atoms with Crippen molar-refractivity contribution in [1.29, 1.82) is 0 Å². The molecule has 1 radical (unpaired) electrons. The van der Waals surface area contributed by atoms with Crippen molar-refractivity contribution >= 4 is 22.6 Å². The van der Waals surface area contributed by atoms with Gasteiger partial charge in [0.15, 0.2) is 17.0 Å². The minimum absolute atomic E-state index is 0. The number of hydrogen-bond donors (Lipinski definition) is 0. The molecule has 8 rings (SSSR count). The van der Waals surface area contributed by atoms with Crippen molar-refractivity contribution in [3.8, 4) is 28.5 Å². The van der Waals surface area contributed by atoms with Gasteiger partial charge in [-0.2, -0.15) is 0 Å². The van der Waals surface area contributed by atoms with E-state index in [1.165, 1.54) is 6.20 Å². The standard InChI is InChI=1S/C18H20FN3O4.2C10H8N2.2ClH.Ru/c1-10-9-26-17-14-11(16(23)12(18(24)25)8-22(10)14)7-13(19)15(17)21-5-3-20(2)4-6-21;2*1-3-7-11-9(5-1)10-6-2-4-8-12-10;;;/h7-8,10H,3-6,9H2,1-2H3,(H,24,25);2*1-8H;2*1H;/q;;;;;+3/p-3. The summed E-state index contributed by atoms with van der Waals surface area (Å²) in [6.45, 7) is 5.00. The molecule has 1 atom stereocenters. The van der Waals surface area contributed by atoms with Gasteiger partial charge in [0, 0.05) is 57.2 Å². The molecule has 1 fully saturated rings. The Hall–Kier alpha value is -4.81. The minimum atomic E-state index is -1.57. The van der Waals surface area contributed by atoms with Crippen LogP contribution in [0.4, 0.5) is 10.1 Å².